The number of hydrogen-bond donors (Lipinski definition) is 1. The number of nitrogens with one attached hydrogen (secondary N) is 1. The monoisotopic (exact) mass is 213 g/mol. The maximum atomic E-state index is 5.77. The molecule has 2 rings (SSSR count). The molecule has 0 heterocycles. The van der Waals surface area contributed by atoms with Crippen molar-refractivity contribution in [2.24, 2.45) is 0 Å². The van der Waals surface area contributed by atoms with E-state index in [1.165, 1.54) is 11.1 Å². The van der Waals surface area contributed by atoms with Gasteiger partial charge in [-0.2, -0.15) is 0 Å². The summed E-state index contributed by atoms with van der Waals surface area (Å²) in [4.78, 5) is 0. The van der Waals surface area contributed by atoms with Gasteiger partial charge in [-0.05, 0) is 23.3 Å². The van der Waals surface area contributed by atoms with Crippen molar-refractivity contribution in [1.29, 1.82) is 5.41 Å². The lowest BCUT2D eigenvalue weighted by atomic mass is 10.1. The maximum absolute atomic E-state index is 5.77. The van der Waals surface area contributed by atoms with E-state index in [2.05, 4.69) is 60.7 Å². The van der Waals surface area contributed by atoms with Crippen LogP contribution in [0.4, 0.5) is 0 Å². The first-order valence-electron chi connectivity index (χ1n) is 4.53. The van der Waals surface area contributed by atoms with Crippen LogP contribution < -0.4 is 0 Å². The molecule has 2 heteroatoms. The second kappa shape index (κ2) is 6.66. The van der Waals surface area contributed by atoms with E-state index in [1.807, 2.05) is 12.1 Å². The molecule has 0 saturated heterocycles. The number of benzene rings is 2. The van der Waals surface area contributed by atoms with Crippen molar-refractivity contribution in [3.05, 3.63) is 60.7 Å². The molecule has 15 heavy (non-hydrogen) atoms. The lowest BCUT2D eigenvalue weighted by Gasteiger charge is -1.98. The molecular formula is C13H11NS. The molecule has 0 bridgehead atoms. The fourth-order valence-electron chi connectivity index (χ4n) is 1.26. The zero-order chi connectivity index (χ0) is 10.9. The topological polar surface area (TPSA) is 23.9 Å². The van der Waals surface area contributed by atoms with Crippen molar-refractivity contribution in [1.82, 2.24) is 0 Å². The van der Waals surface area contributed by atoms with E-state index in [0.717, 1.165) is 0 Å². The molecule has 2 aromatic rings. The Labute approximate surface area is 94.9 Å². The Balaban J connectivity index is 0.000000337. The normalized spacial score (nSPS) is 8.27. The molecule has 0 spiro atoms. The summed E-state index contributed by atoms with van der Waals surface area (Å²) < 4.78 is 0. The maximum Gasteiger partial charge on any atom is 0.0554 e. The summed E-state index contributed by atoms with van der Waals surface area (Å²) in [5.74, 6) is 0. The molecule has 0 atom stereocenters. The third-order valence-electron chi connectivity index (χ3n) is 1.88. The molecular weight excluding hydrogens is 202 g/mol. The summed E-state index contributed by atoms with van der Waals surface area (Å²) >= 11 is 3.81. The van der Waals surface area contributed by atoms with Crippen molar-refractivity contribution in [3.63, 3.8) is 0 Å². The lowest BCUT2D eigenvalue weighted by molar-refractivity contribution is 1.61. The van der Waals surface area contributed by atoms with E-state index < -0.39 is 0 Å². The SMILES string of the molecule is N=C=S.c1ccc(-c2ccccc2)cc1. The van der Waals surface area contributed by atoms with Crippen LogP contribution in [0.1, 0.15) is 0 Å². The highest BCUT2D eigenvalue weighted by molar-refractivity contribution is 7.78. The van der Waals surface area contributed by atoms with Gasteiger partial charge in [0.15, 0.2) is 0 Å². The number of isothiocyanates is 1. The first kappa shape index (κ1) is 11.3. The van der Waals surface area contributed by atoms with E-state index in [1.54, 1.807) is 5.16 Å². The van der Waals surface area contributed by atoms with E-state index in [9.17, 15) is 0 Å². The van der Waals surface area contributed by atoms with Crippen LogP contribution >= 0.6 is 12.2 Å². The predicted octanol–water partition coefficient (Wildman–Crippen LogP) is 4.02. The second-order valence-corrected chi connectivity index (χ2v) is 3.04. The van der Waals surface area contributed by atoms with Crippen LogP contribution in [0.2, 0.25) is 0 Å². The van der Waals surface area contributed by atoms with Crippen LogP contribution in [-0.2, 0) is 0 Å². The quantitative estimate of drug-likeness (QED) is 0.561. The van der Waals surface area contributed by atoms with Crippen LogP contribution in [0.15, 0.2) is 60.7 Å². The fraction of sp³-hybridized carbons (Fsp3) is 0. The molecule has 0 amide bonds. The van der Waals surface area contributed by atoms with Gasteiger partial charge in [-0.25, -0.2) is 5.41 Å². The van der Waals surface area contributed by atoms with Gasteiger partial charge in [-0.3, -0.25) is 0 Å². The highest BCUT2D eigenvalue weighted by Gasteiger charge is 1.91. The van der Waals surface area contributed by atoms with Crippen LogP contribution in [0.25, 0.3) is 11.1 Å². The van der Waals surface area contributed by atoms with Crippen LogP contribution in [-0.4, -0.2) is 5.16 Å². The summed E-state index contributed by atoms with van der Waals surface area (Å²) in [6, 6.07) is 20.8. The predicted molar refractivity (Wildman–Crippen MR) is 67.2 cm³/mol. The molecule has 0 radical (unpaired) electrons. The summed E-state index contributed by atoms with van der Waals surface area (Å²) in [7, 11) is 0. The van der Waals surface area contributed by atoms with E-state index >= 15 is 0 Å². The first-order chi connectivity index (χ1) is 7.38. The zero-order valence-corrected chi connectivity index (χ0v) is 9.00. The molecule has 0 aromatic heterocycles. The smallest absolute Gasteiger partial charge is 0.0554 e. The minimum Gasteiger partial charge on any atom is -0.248 e. The van der Waals surface area contributed by atoms with Crippen molar-refractivity contribution >= 4 is 17.4 Å². The van der Waals surface area contributed by atoms with Gasteiger partial charge >= 0.3 is 0 Å². The molecule has 74 valence electrons. The molecule has 0 aliphatic heterocycles. The Morgan fingerprint density at radius 1 is 0.733 bits per heavy atom. The summed E-state index contributed by atoms with van der Waals surface area (Å²) in [6.45, 7) is 0. The van der Waals surface area contributed by atoms with Gasteiger partial charge in [0.25, 0.3) is 0 Å². The van der Waals surface area contributed by atoms with Crippen molar-refractivity contribution in [2.75, 3.05) is 0 Å². The van der Waals surface area contributed by atoms with Gasteiger partial charge in [-0.15, -0.1) is 0 Å². The second-order valence-electron chi connectivity index (χ2n) is 2.83. The third-order valence-corrected chi connectivity index (χ3v) is 1.88. The average molecular weight is 213 g/mol. The summed E-state index contributed by atoms with van der Waals surface area (Å²) in [5.41, 5.74) is 2.55. The lowest BCUT2D eigenvalue weighted by Crippen LogP contribution is -1.73. The fourth-order valence-corrected chi connectivity index (χ4v) is 1.26. The molecule has 0 saturated carbocycles. The molecule has 0 aliphatic rings. The molecule has 1 N–H and O–H groups in total. The Morgan fingerprint density at radius 3 is 1.27 bits per heavy atom. The van der Waals surface area contributed by atoms with Gasteiger partial charge in [0.05, 0.1) is 5.16 Å². The Hall–Kier alpha value is -1.76. The van der Waals surface area contributed by atoms with Gasteiger partial charge < -0.3 is 0 Å². The largest absolute Gasteiger partial charge is 0.248 e. The molecule has 2 aromatic carbocycles. The van der Waals surface area contributed by atoms with Crippen LogP contribution in [0.5, 0.6) is 0 Å². The van der Waals surface area contributed by atoms with E-state index in [0.29, 0.717) is 0 Å². The van der Waals surface area contributed by atoms with Gasteiger partial charge in [0.2, 0.25) is 0 Å². The van der Waals surface area contributed by atoms with Crippen LogP contribution in [0, 0.1) is 5.41 Å². The van der Waals surface area contributed by atoms with E-state index in [-0.39, 0.29) is 0 Å². The number of rotatable bonds is 1. The minimum atomic E-state index is 1.28. The standard InChI is InChI=1S/C12H10.CHNS/c1-3-7-11(8-4-1)12-9-5-2-6-10-12;2-1-3/h1-10H;2H. The highest BCUT2D eigenvalue weighted by atomic mass is 32.1. The van der Waals surface area contributed by atoms with Gasteiger partial charge in [-0.1, -0.05) is 60.7 Å². The first-order valence-corrected chi connectivity index (χ1v) is 4.93. The molecule has 1 nitrogen and oxygen atoms in total. The van der Waals surface area contributed by atoms with E-state index in [4.69, 9.17) is 5.41 Å². The number of thiocarbonyl (C=S) groups is 1. The van der Waals surface area contributed by atoms with Gasteiger partial charge in [0, 0.05) is 0 Å². The number of hydrogen-bond acceptors (Lipinski definition) is 2. The summed E-state index contributed by atoms with van der Waals surface area (Å²) in [6.07, 6.45) is 0. The van der Waals surface area contributed by atoms with Crippen molar-refractivity contribution in [3.8, 4) is 11.1 Å². The third kappa shape index (κ3) is 3.86. The highest BCUT2D eigenvalue weighted by Crippen LogP contribution is 2.17. The Kier molecular flexibility index (Phi) is 5.02. The minimum absolute atomic E-state index is 1.28. The summed E-state index contributed by atoms with van der Waals surface area (Å²) in [5, 5.41) is 7.36. The van der Waals surface area contributed by atoms with Crippen molar-refractivity contribution in [2.45, 2.75) is 0 Å². The Bertz CT molecular complexity index is 379. The molecule has 0 unspecified atom stereocenters. The molecule has 0 aliphatic carbocycles. The zero-order valence-electron chi connectivity index (χ0n) is 8.18. The Morgan fingerprint density at radius 2 is 1.00 bits per heavy atom. The van der Waals surface area contributed by atoms with Crippen molar-refractivity contribution < 1.29 is 0 Å². The van der Waals surface area contributed by atoms with Gasteiger partial charge in [0.1, 0.15) is 0 Å². The average Bonchev–Trinajstić information content (AvgIpc) is 2.32. The van der Waals surface area contributed by atoms with Crippen LogP contribution in [0.3, 0.4) is 0 Å². The molecule has 0 fully saturated rings.